The fraction of sp³-hybridized carbons (Fsp3) is 0.188. The van der Waals surface area contributed by atoms with Crippen molar-refractivity contribution in [2.24, 2.45) is 0 Å². The van der Waals surface area contributed by atoms with Crippen LogP contribution in [0.2, 0.25) is 0 Å². The van der Waals surface area contributed by atoms with Crippen LogP contribution in [0.3, 0.4) is 0 Å². The summed E-state index contributed by atoms with van der Waals surface area (Å²) in [5.74, 6) is -0.562. The first-order valence-corrected chi connectivity index (χ1v) is 6.66. The van der Waals surface area contributed by atoms with Crippen LogP contribution < -0.4 is 10.6 Å². The normalized spacial score (nSPS) is 11.5. The van der Waals surface area contributed by atoms with Crippen molar-refractivity contribution in [1.82, 2.24) is 15.6 Å². The zero-order chi connectivity index (χ0) is 15.1. The van der Waals surface area contributed by atoms with Crippen molar-refractivity contribution in [2.75, 3.05) is 0 Å². The molecule has 2 N–H and O–H groups in total. The summed E-state index contributed by atoms with van der Waals surface area (Å²) in [6.45, 7) is 1.78. The number of pyridine rings is 1. The average molecular weight is 283 g/mol. The lowest BCUT2D eigenvalue weighted by atomic mass is 10.1. The van der Waals surface area contributed by atoms with E-state index in [1.807, 2.05) is 30.3 Å². The zero-order valence-electron chi connectivity index (χ0n) is 11.7. The van der Waals surface area contributed by atoms with Gasteiger partial charge in [-0.3, -0.25) is 14.6 Å². The van der Waals surface area contributed by atoms with Crippen LogP contribution in [0.5, 0.6) is 0 Å². The second-order valence-electron chi connectivity index (χ2n) is 4.59. The Morgan fingerprint density at radius 3 is 2.43 bits per heavy atom. The fourth-order valence-electron chi connectivity index (χ4n) is 1.91. The highest BCUT2D eigenvalue weighted by atomic mass is 16.2. The van der Waals surface area contributed by atoms with E-state index >= 15 is 0 Å². The van der Waals surface area contributed by atoms with Gasteiger partial charge in [-0.1, -0.05) is 36.4 Å². The molecule has 0 radical (unpaired) electrons. The van der Waals surface area contributed by atoms with Crippen LogP contribution >= 0.6 is 0 Å². The van der Waals surface area contributed by atoms with Gasteiger partial charge in [-0.2, -0.15) is 0 Å². The van der Waals surface area contributed by atoms with Gasteiger partial charge in [0.1, 0.15) is 0 Å². The predicted molar refractivity (Wildman–Crippen MR) is 79.1 cm³/mol. The monoisotopic (exact) mass is 283 g/mol. The number of aromatic nitrogens is 1. The molecule has 5 heteroatoms. The highest BCUT2D eigenvalue weighted by Gasteiger charge is 2.22. The Hall–Kier alpha value is -2.69. The minimum absolute atomic E-state index is 0.277. The number of rotatable bonds is 5. The van der Waals surface area contributed by atoms with Gasteiger partial charge in [0.25, 0.3) is 0 Å². The van der Waals surface area contributed by atoms with E-state index in [2.05, 4.69) is 15.6 Å². The SMILES string of the molecule is CC(=O)NC(C(=O)NCc1ccccc1)c1ccccn1. The lowest BCUT2D eigenvalue weighted by Gasteiger charge is -2.17. The molecule has 2 aromatic rings. The molecule has 0 bridgehead atoms. The van der Waals surface area contributed by atoms with Crippen molar-refractivity contribution in [3.8, 4) is 0 Å². The van der Waals surface area contributed by atoms with Crippen LogP contribution in [0, 0.1) is 0 Å². The van der Waals surface area contributed by atoms with E-state index in [4.69, 9.17) is 0 Å². The number of nitrogens with zero attached hydrogens (tertiary/aromatic N) is 1. The molecule has 1 atom stereocenters. The molecule has 0 aliphatic carbocycles. The molecule has 21 heavy (non-hydrogen) atoms. The standard InChI is InChI=1S/C16H17N3O2/c1-12(20)19-15(14-9-5-6-10-17-14)16(21)18-11-13-7-3-2-4-8-13/h2-10,15H,11H2,1H3,(H,18,21)(H,19,20). The van der Waals surface area contributed by atoms with Crippen LogP contribution in [0.1, 0.15) is 24.2 Å². The molecule has 1 unspecified atom stereocenters. The van der Waals surface area contributed by atoms with Gasteiger partial charge in [0.15, 0.2) is 6.04 Å². The van der Waals surface area contributed by atoms with Crippen LogP contribution in [0.4, 0.5) is 0 Å². The highest BCUT2D eigenvalue weighted by Crippen LogP contribution is 2.10. The number of carbonyl (C=O) groups is 2. The first kappa shape index (κ1) is 14.7. The predicted octanol–water partition coefficient (Wildman–Crippen LogP) is 1.58. The minimum atomic E-state index is -0.785. The second-order valence-corrected chi connectivity index (χ2v) is 4.59. The smallest absolute Gasteiger partial charge is 0.249 e. The van der Waals surface area contributed by atoms with Gasteiger partial charge in [0.2, 0.25) is 11.8 Å². The largest absolute Gasteiger partial charge is 0.350 e. The maximum Gasteiger partial charge on any atom is 0.249 e. The van der Waals surface area contributed by atoms with Gasteiger partial charge in [-0.05, 0) is 17.7 Å². The number of amides is 2. The molecule has 1 heterocycles. The summed E-state index contributed by atoms with van der Waals surface area (Å²) in [6, 6.07) is 14.0. The van der Waals surface area contributed by atoms with E-state index < -0.39 is 6.04 Å². The van der Waals surface area contributed by atoms with Crippen LogP contribution in [-0.4, -0.2) is 16.8 Å². The molecular weight excluding hydrogens is 266 g/mol. The molecular formula is C16H17N3O2. The number of hydrogen-bond acceptors (Lipinski definition) is 3. The minimum Gasteiger partial charge on any atom is -0.350 e. The summed E-state index contributed by atoms with van der Waals surface area (Å²) in [6.07, 6.45) is 1.59. The molecule has 0 spiro atoms. The summed E-state index contributed by atoms with van der Waals surface area (Å²) in [4.78, 5) is 27.7. The van der Waals surface area contributed by atoms with Crippen LogP contribution in [0.25, 0.3) is 0 Å². The van der Waals surface area contributed by atoms with E-state index in [9.17, 15) is 9.59 Å². The molecule has 1 aromatic carbocycles. The van der Waals surface area contributed by atoms with Gasteiger partial charge >= 0.3 is 0 Å². The fourth-order valence-corrected chi connectivity index (χ4v) is 1.91. The third-order valence-corrected chi connectivity index (χ3v) is 2.90. The van der Waals surface area contributed by atoms with E-state index in [0.29, 0.717) is 12.2 Å². The topological polar surface area (TPSA) is 71.1 Å². The van der Waals surface area contributed by atoms with Crippen LogP contribution in [0.15, 0.2) is 54.7 Å². The van der Waals surface area contributed by atoms with Gasteiger partial charge < -0.3 is 10.6 Å². The molecule has 0 aliphatic heterocycles. The Bertz CT molecular complexity index is 599. The van der Waals surface area contributed by atoms with Gasteiger partial charge in [-0.15, -0.1) is 0 Å². The summed E-state index contributed by atoms with van der Waals surface area (Å²) >= 11 is 0. The molecule has 1 aromatic heterocycles. The second kappa shape index (κ2) is 7.19. The lowest BCUT2D eigenvalue weighted by molar-refractivity contribution is -0.128. The van der Waals surface area contributed by atoms with Crippen molar-refractivity contribution < 1.29 is 9.59 Å². The molecule has 0 aliphatic rings. The van der Waals surface area contributed by atoms with Crippen LogP contribution in [-0.2, 0) is 16.1 Å². The van der Waals surface area contributed by atoms with Crippen molar-refractivity contribution in [1.29, 1.82) is 0 Å². The van der Waals surface area contributed by atoms with Gasteiger partial charge in [-0.25, -0.2) is 0 Å². The Labute approximate surface area is 123 Å². The van der Waals surface area contributed by atoms with E-state index in [-0.39, 0.29) is 11.8 Å². The summed E-state index contributed by atoms with van der Waals surface area (Å²) < 4.78 is 0. The van der Waals surface area contributed by atoms with E-state index in [1.54, 1.807) is 24.4 Å². The maximum absolute atomic E-state index is 12.3. The number of carbonyl (C=O) groups excluding carboxylic acids is 2. The quantitative estimate of drug-likeness (QED) is 0.875. The van der Waals surface area contributed by atoms with E-state index in [1.165, 1.54) is 6.92 Å². The molecule has 108 valence electrons. The number of hydrogen-bond donors (Lipinski definition) is 2. The maximum atomic E-state index is 12.3. The van der Waals surface area contributed by atoms with Gasteiger partial charge in [0.05, 0.1) is 5.69 Å². The first-order valence-electron chi connectivity index (χ1n) is 6.66. The first-order chi connectivity index (χ1) is 10.2. The third-order valence-electron chi connectivity index (χ3n) is 2.90. The molecule has 2 rings (SSSR count). The summed E-state index contributed by atoms with van der Waals surface area (Å²) in [5.41, 5.74) is 1.51. The average Bonchev–Trinajstić information content (AvgIpc) is 2.52. The van der Waals surface area contributed by atoms with Crippen molar-refractivity contribution in [3.63, 3.8) is 0 Å². The number of benzene rings is 1. The highest BCUT2D eigenvalue weighted by molar-refractivity contribution is 5.87. The van der Waals surface area contributed by atoms with Gasteiger partial charge in [0, 0.05) is 19.7 Å². The zero-order valence-corrected chi connectivity index (χ0v) is 11.7. The van der Waals surface area contributed by atoms with Crippen molar-refractivity contribution in [3.05, 3.63) is 66.0 Å². The molecule has 0 saturated carbocycles. The van der Waals surface area contributed by atoms with Crippen molar-refractivity contribution >= 4 is 11.8 Å². The summed E-state index contributed by atoms with van der Waals surface area (Å²) in [5, 5.41) is 5.43. The number of nitrogens with one attached hydrogen (secondary N) is 2. The Balaban J connectivity index is 2.06. The molecule has 0 saturated heterocycles. The molecule has 0 fully saturated rings. The third kappa shape index (κ3) is 4.42. The lowest BCUT2D eigenvalue weighted by Crippen LogP contribution is -2.39. The van der Waals surface area contributed by atoms with E-state index in [0.717, 1.165) is 5.56 Å². The summed E-state index contributed by atoms with van der Waals surface area (Å²) in [7, 11) is 0. The molecule has 5 nitrogen and oxygen atoms in total. The Morgan fingerprint density at radius 2 is 1.81 bits per heavy atom. The Morgan fingerprint density at radius 1 is 1.10 bits per heavy atom. The van der Waals surface area contributed by atoms with Crippen molar-refractivity contribution in [2.45, 2.75) is 19.5 Å². The Kier molecular flexibility index (Phi) is 5.04. The molecule has 2 amide bonds.